The monoisotopic (exact) mass is 352 g/mol. The van der Waals surface area contributed by atoms with E-state index >= 15 is 0 Å². The third-order valence-electron chi connectivity index (χ3n) is 4.90. The number of aromatic nitrogens is 5. The molecule has 8 nitrogen and oxygen atoms in total. The van der Waals surface area contributed by atoms with Crippen molar-refractivity contribution in [3.05, 3.63) is 43.5 Å². The zero-order chi connectivity index (χ0) is 18.3. The minimum atomic E-state index is -0.382. The predicted octanol–water partition coefficient (Wildman–Crippen LogP) is 2.06. The minimum absolute atomic E-state index is 0.0738. The van der Waals surface area contributed by atoms with Gasteiger partial charge in [-0.3, -0.25) is 9.89 Å². The van der Waals surface area contributed by atoms with Gasteiger partial charge in [-0.05, 0) is 19.1 Å². The molecule has 134 valence electrons. The number of ether oxygens (including phenoxy) is 1. The number of H-pyrrole nitrogens is 1. The Labute approximate surface area is 150 Å². The summed E-state index contributed by atoms with van der Waals surface area (Å²) >= 11 is 0. The lowest BCUT2D eigenvalue weighted by Crippen LogP contribution is -2.56. The van der Waals surface area contributed by atoms with Crippen molar-refractivity contribution in [3.8, 4) is 17.1 Å². The molecule has 0 aromatic carbocycles. The molecule has 1 N–H and O–H groups in total. The second-order valence-electron chi connectivity index (χ2n) is 6.85. The van der Waals surface area contributed by atoms with Crippen LogP contribution in [0.4, 0.5) is 0 Å². The number of aromatic amines is 1. The molecule has 3 heterocycles. The van der Waals surface area contributed by atoms with E-state index in [4.69, 9.17) is 4.74 Å². The summed E-state index contributed by atoms with van der Waals surface area (Å²) in [5.74, 6) is 0.454. The standard InChI is InChI=1S/C18H20N6O2/c1-4-16(25)23(3)13-7-18(2,8-13)26-17-15-5-6-21-24(15)11-14(22-17)12-9-19-20-10-12/h4-6,9-11,13H,1,7-8H2,2-3H3,(H,19,20). The van der Waals surface area contributed by atoms with Crippen molar-refractivity contribution in [2.24, 2.45) is 0 Å². The molecule has 0 radical (unpaired) electrons. The first-order chi connectivity index (χ1) is 12.5. The Morgan fingerprint density at radius 1 is 1.54 bits per heavy atom. The summed E-state index contributed by atoms with van der Waals surface area (Å²) in [5.41, 5.74) is 2.01. The molecule has 0 atom stereocenters. The molecule has 0 unspecified atom stereocenters. The first-order valence-corrected chi connectivity index (χ1v) is 8.41. The number of rotatable bonds is 5. The first kappa shape index (κ1) is 16.3. The van der Waals surface area contributed by atoms with Crippen molar-refractivity contribution in [1.29, 1.82) is 0 Å². The van der Waals surface area contributed by atoms with Gasteiger partial charge >= 0.3 is 0 Å². The predicted molar refractivity (Wildman–Crippen MR) is 95.6 cm³/mol. The summed E-state index contributed by atoms with van der Waals surface area (Å²) in [7, 11) is 1.79. The number of amides is 1. The van der Waals surface area contributed by atoms with Gasteiger partial charge in [0.2, 0.25) is 11.8 Å². The van der Waals surface area contributed by atoms with Crippen molar-refractivity contribution < 1.29 is 9.53 Å². The molecule has 8 heteroatoms. The van der Waals surface area contributed by atoms with Gasteiger partial charge in [0.1, 0.15) is 11.1 Å². The Bertz CT molecular complexity index is 955. The number of carbonyl (C=O) groups excluding carboxylic acids is 1. The average molecular weight is 352 g/mol. The van der Waals surface area contributed by atoms with Crippen LogP contribution in [-0.4, -0.2) is 54.3 Å². The molecule has 3 aromatic rings. The van der Waals surface area contributed by atoms with E-state index in [0.29, 0.717) is 5.88 Å². The SMILES string of the molecule is C=CC(=O)N(C)C1CC(C)(Oc2nc(-c3cn[nH]c3)cn3nccc23)C1. The Morgan fingerprint density at radius 2 is 2.35 bits per heavy atom. The van der Waals surface area contributed by atoms with Gasteiger partial charge in [0.15, 0.2) is 0 Å². The number of hydrogen-bond donors (Lipinski definition) is 1. The van der Waals surface area contributed by atoms with E-state index in [1.54, 1.807) is 35.1 Å². The molecular formula is C18H20N6O2. The van der Waals surface area contributed by atoms with E-state index in [0.717, 1.165) is 29.6 Å². The zero-order valence-corrected chi connectivity index (χ0v) is 14.7. The lowest BCUT2D eigenvalue weighted by Gasteiger charge is -2.48. The molecule has 1 aliphatic rings. The molecule has 0 aliphatic heterocycles. The van der Waals surface area contributed by atoms with Gasteiger partial charge in [0.05, 0.1) is 24.3 Å². The van der Waals surface area contributed by atoms with Crippen LogP contribution in [0.2, 0.25) is 0 Å². The molecule has 1 aliphatic carbocycles. The highest BCUT2D eigenvalue weighted by molar-refractivity contribution is 5.87. The quantitative estimate of drug-likeness (QED) is 0.710. The molecule has 0 bridgehead atoms. The number of fused-ring (bicyclic) bond motifs is 1. The van der Waals surface area contributed by atoms with Crippen molar-refractivity contribution in [3.63, 3.8) is 0 Å². The largest absolute Gasteiger partial charge is 0.470 e. The molecule has 0 spiro atoms. The smallest absolute Gasteiger partial charge is 0.245 e. The molecule has 4 rings (SSSR count). The van der Waals surface area contributed by atoms with Gasteiger partial charge in [0, 0.05) is 37.7 Å². The second-order valence-corrected chi connectivity index (χ2v) is 6.85. The van der Waals surface area contributed by atoms with E-state index in [1.807, 2.05) is 19.2 Å². The summed E-state index contributed by atoms with van der Waals surface area (Å²) in [6.45, 7) is 5.58. The van der Waals surface area contributed by atoms with E-state index < -0.39 is 0 Å². The Kier molecular flexibility index (Phi) is 3.75. The second kappa shape index (κ2) is 5.98. The van der Waals surface area contributed by atoms with Gasteiger partial charge in [0.25, 0.3) is 0 Å². The van der Waals surface area contributed by atoms with Crippen LogP contribution >= 0.6 is 0 Å². The summed E-state index contributed by atoms with van der Waals surface area (Å²) in [5, 5.41) is 11.1. The van der Waals surface area contributed by atoms with Gasteiger partial charge in [-0.1, -0.05) is 6.58 Å². The highest BCUT2D eigenvalue weighted by Gasteiger charge is 2.45. The van der Waals surface area contributed by atoms with Crippen LogP contribution in [0.5, 0.6) is 5.88 Å². The van der Waals surface area contributed by atoms with Crippen LogP contribution in [0.3, 0.4) is 0 Å². The summed E-state index contributed by atoms with van der Waals surface area (Å²) < 4.78 is 8.02. The van der Waals surface area contributed by atoms with Gasteiger partial charge < -0.3 is 9.64 Å². The Balaban J connectivity index is 1.59. The third-order valence-corrected chi connectivity index (χ3v) is 4.90. The van der Waals surface area contributed by atoms with E-state index in [1.165, 1.54) is 6.08 Å². The van der Waals surface area contributed by atoms with Crippen LogP contribution in [0.15, 0.2) is 43.5 Å². The van der Waals surface area contributed by atoms with Crippen LogP contribution in [0, 0.1) is 0 Å². The van der Waals surface area contributed by atoms with E-state index in [-0.39, 0.29) is 17.6 Å². The molecule has 1 fully saturated rings. The molecule has 1 saturated carbocycles. The maximum atomic E-state index is 11.8. The fourth-order valence-corrected chi connectivity index (χ4v) is 3.35. The number of hydrogen-bond acceptors (Lipinski definition) is 5. The highest BCUT2D eigenvalue weighted by Crippen LogP contribution is 2.40. The van der Waals surface area contributed by atoms with Gasteiger partial charge in [-0.25, -0.2) is 9.50 Å². The fourth-order valence-electron chi connectivity index (χ4n) is 3.35. The van der Waals surface area contributed by atoms with Crippen LogP contribution in [0.1, 0.15) is 19.8 Å². The summed E-state index contributed by atoms with van der Waals surface area (Å²) in [6, 6.07) is 2.01. The molecule has 26 heavy (non-hydrogen) atoms. The zero-order valence-electron chi connectivity index (χ0n) is 14.7. The van der Waals surface area contributed by atoms with Crippen molar-refractivity contribution in [2.45, 2.75) is 31.4 Å². The summed E-state index contributed by atoms with van der Waals surface area (Å²) in [4.78, 5) is 18.1. The van der Waals surface area contributed by atoms with Gasteiger partial charge in [-0.2, -0.15) is 10.2 Å². The molecule has 1 amide bonds. The normalized spacial score (nSPS) is 22.0. The lowest BCUT2D eigenvalue weighted by atomic mass is 9.76. The molecule has 0 saturated heterocycles. The summed E-state index contributed by atoms with van der Waals surface area (Å²) in [6.07, 6.45) is 9.85. The minimum Gasteiger partial charge on any atom is -0.470 e. The topological polar surface area (TPSA) is 88.4 Å². The van der Waals surface area contributed by atoms with Crippen LogP contribution in [-0.2, 0) is 4.79 Å². The maximum absolute atomic E-state index is 11.8. The van der Waals surface area contributed by atoms with Gasteiger partial charge in [-0.15, -0.1) is 0 Å². The number of nitrogens with one attached hydrogen (secondary N) is 1. The third kappa shape index (κ3) is 2.73. The van der Waals surface area contributed by atoms with Crippen LogP contribution < -0.4 is 4.74 Å². The maximum Gasteiger partial charge on any atom is 0.245 e. The van der Waals surface area contributed by atoms with Crippen molar-refractivity contribution >= 4 is 11.4 Å². The van der Waals surface area contributed by atoms with Crippen LogP contribution in [0.25, 0.3) is 16.8 Å². The number of nitrogens with zero attached hydrogens (tertiary/aromatic N) is 5. The van der Waals surface area contributed by atoms with E-state index in [9.17, 15) is 4.79 Å². The van der Waals surface area contributed by atoms with E-state index in [2.05, 4.69) is 26.9 Å². The first-order valence-electron chi connectivity index (χ1n) is 8.41. The highest BCUT2D eigenvalue weighted by atomic mass is 16.5. The fraction of sp³-hybridized carbons (Fsp3) is 0.333. The number of carbonyl (C=O) groups is 1. The number of likely N-dealkylation sites (N-methyl/N-ethyl adjacent to an activating group) is 1. The van der Waals surface area contributed by atoms with Crippen molar-refractivity contribution in [2.75, 3.05) is 7.05 Å². The average Bonchev–Trinajstić information content (AvgIpc) is 3.29. The molecule has 3 aromatic heterocycles. The Morgan fingerprint density at radius 3 is 3.04 bits per heavy atom. The van der Waals surface area contributed by atoms with Crippen molar-refractivity contribution in [1.82, 2.24) is 29.7 Å². The molecular weight excluding hydrogens is 332 g/mol. The Hall–Kier alpha value is -3.16. The lowest BCUT2D eigenvalue weighted by molar-refractivity contribution is -0.133.